The van der Waals surface area contributed by atoms with Crippen molar-refractivity contribution in [2.75, 3.05) is 27.2 Å². The first-order valence-electron chi connectivity index (χ1n) is 14.5. The van der Waals surface area contributed by atoms with Gasteiger partial charge in [0.25, 0.3) is 5.91 Å². The fourth-order valence-electron chi connectivity index (χ4n) is 5.25. The van der Waals surface area contributed by atoms with Crippen LogP contribution in [0, 0.1) is 11.8 Å². The van der Waals surface area contributed by atoms with Crippen molar-refractivity contribution in [1.29, 1.82) is 0 Å². The molecule has 12 heteroatoms. The van der Waals surface area contributed by atoms with Crippen LogP contribution in [0.3, 0.4) is 0 Å². The predicted octanol–water partition coefficient (Wildman–Crippen LogP) is 0.846. The van der Waals surface area contributed by atoms with E-state index in [9.17, 15) is 28.8 Å². The Balaban J connectivity index is 2.53. The molecule has 2 aliphatic rings. The van der Waals surface area contributed by atoms with Gasteiger partial charge in [0.2, 0.25) is 23.6 Å². The van der Waals surface area contributed by atoms with Crippen LogP contribution in [0.5, 0.6) is 0 Å². The van der Waals surface area contributed by atoms with Crippen LogP contribution in [-0.2, 0) is 33.5 Å². The SMILES string of the molecule is C=CC[C@@H]1OC(=O)CCNC(=O)[C@H](C)N(C)C(=O)[C@H](C(C)C)N(C)C(=O)[C@H](C(C)CC)NC(=O)[C@@H]2CCCN2C1=O. The second kappa shape index (κ2) is 15.0. The van der Waals surface area contributed by atoms with Gasteiger partial charge < -0.3 is 30.1 Å². The maximum atomic E-state index is 13.9. The summed E-state index contributed by atoms with van der Waals surface area (Å²) in [4.78, 5) is 84.0. The molecule has 0 spiro atoms. The number of nitrogens with one attached hydrogen (secondary N) is 2. The van der Waals surface area contributed by atoms with Crippen molar-refractivity contribution < 1.29 is 33.5 Å². The van der Waals surface area contributed by atoms with Crippen LogP contribution in [0.1, 0.15) is 66.7 Å². The van der Waals surface area contributed by atoms with Gasteiger partial charge in [-0.3, -0.25) is 28.8 Å². The summed E-state index contributed by atoms with van der Waals surface area (Å²) in [6.45, 7) is 12.8. The molecule has 0 aliphatic carbocycles. The number of nitrogens with zero attached hydrogens (tertiary/aromatic N) is 3. The highest BCUT2D eigenvalue weighted by molar-refractivity contribution is 5.96. The molecule has 5 amide bonds. The first-order valence-corrected chi connectivity index (χ1v) is 14.5. The van der Waals surface area contributed by atoms with Crippen molar-refractivity contribution in [1.82, 2.24) is 25.3 Å². The lowest BCUT2D eigenvalue weighted by atomic mass is 9.94. The summed E-state index contributed by atoms with van der Waals surface area (Å²) in [6, 6.07) is -3.57. The largest absolute Gasteiger partial charge is 0.452 e. The monoisotopic (exact) mass is 577 g/mol. The number of likely N-dealkylation sites (N-methyl/N-ethyl adjacent to an activating group) is 2. The third-order valence-electron chi connectivity index (χ3n) is 8.13. The first-order chi connectivity index (χ1) is 19.3. The van der Waals surface area contributed by atoms with Crippen LogP contribution < -0.4 is 10.6 Å². The number of carbonyl (C=O) groups is 6. The number of rotatable bonds is 5. The lowest BCUT2D eigenvalue weighted by Gasteiger charge is -2.38. The molecule has 2 heterocycles. The van der Waals surface area contributed by atoms with Crippen molar-refractivity contribution in [3.05, 3.63) is 12.7 Å². The molecule has 0 aromatic rings. The average molecular weight is 578 g/mol. The molecular formula is C29H47N5O7. The van der Waals surface area contributed by atoms with Gasteiger partial charge >= 0.3 is 5.97 Å². The minimum absolute atomic E-state index is 0.0566. The minimum atomic E-state index is -1.17. The first kappa shape index (κ1) is 33.8. The second-order valence-electron chi connectivity index (χ2n) is 11.4. The Morgan fingerprint density at radius 2 is 1.66 bits per heavy atom. The number of carbonyl (C=O) groups excluding carboxylic acids is 6. The Morgan fingerprint density at radius 1 is 1.00 bits per heavy atom. The zero-order chi connectivity index (χ0) is 31.0. The van der Waals surface area contributed by atoms with E-state index in [-0.39, 0.29) is 31.2 Å². The second-order valence-corrected chi connectivity index (χ2v) is 11.4. The minimum Gasteiger partial charge on any atom is -0.452 e. The molecule has 230 valence electrons. The summed E-state index contributed by atoms with van der Waals surface area (Å²) in [5.41, 5.74) is 0. The normalized spacial score (nSPS) is 28.8. The van der Waals surface area contributed by atoms with Crippen molar-refractivity contribution in [2.24, 2.45) is 11.8 Å². The molecule has 0 aromatic heterocycles. The fourth-order valence-corrected chi connectivity index (χ4v) is 5.25. The maximum absolute atomic E-state index is 13.9. The van der Waals surface area contributed by atoms with E-state index >= 15 is 0 Å². The van der Waals surface area contributed by atoms with E-state index < -0.39 is 65.8 Å². The van der Waals surface area contributed by atoms with Crippen molar-refractivity contribution in [2.45, 2.75) is 97.0 Å². The molecule has 0 radical (unpaired) electrons. The van der Waals surface area contributed by atoms with Gasteiger partial charge in [0, 0.05) is 33.6 Å². The van der Waals surface area contributed by atoms with E-state index in [2.05, 4.69) is 17.2 Å². The average Bonchev–Trinajstić information content (AvgIpc) is 3.43. The Labute approximate surface area is 243 Å². The molecule has 2 fully saturated rings. The van der Waals surface area contributed by atoms with Crippen molar-refractivity contribution in [3.8, 4) is 0 Å². The summed E-state index contributed by atoms with van der Waals surface area (Å²) in [5.74, 6) is -3.58. The number of amides is 5. The molecule has 0 bridgehead atoms. The molecule has 6 atom stereocenters. The van der Waals surface area contributed by atoms with Crippen molar-refractivity contribution >= 4 is 35.5 Å². The molecule has 1 unspecified atom stereocenters. The van der Waals surface area contributed by atoms with Crippen LogP contribution in [0.2, 0.25) is 0 Å². The van der Waals surface area contributed by atoms with Gasteiger partial charge in [0.1, 0.15) is 24.2 Å². The molecule has 2 rings (SSSR count). The zero-order valence-electron chi connectivity index (χ0n) is 25.5. The molecule has 12 nitrogen and oxygen atoms in total. The van der Waals surface area contributed by atoms with Gasteiger partial charge in [-0.2, -0.15) is 0 Å². The van der Waals surface area contributed by atoms with E-state index in [1.54, 1.807) is 6.92 Å². The molecule has 0 aromatic carbocycles. The number of hydrogen-bond donors (Lipinski definition) is 2. The number of esters is 1. The van der Waals surface area contributed by atoms with Crippen LogP contribution >= 0.6 is 0 Å². The summed E-state index contributed by atoms with van der Waals surface area (Å²) >= 11 is 0. The topological polar surface area (TPSA) is 145 Å². The Hall–Kier alpha value is -3.44. The van der Waals surface area contributed by atoms with Crippen LogP contribution in [0.15, 0.2) is 12.7 Å². The maximum Gasteiger partial charge on any atom is 0.308 e. The van der Waals surface area contributed by atoms with Crippen LogP contribution in [-0.4, -0.2) is 108 Å². The fraction of sp³-hybridized carbons (Fsp3) is 0.724. The molecule has 0 saturated carbocycles. The summed E-state index contributed by atoms with van der Waals surface area (Å²) in [6.07, 6.45) is 1.70. The van der Waals surface area contributed by atoms with Gasteiger partial charge in [0.15, 0.2) is 6.10 Å². The predicted molar refractivity (Wildman–Crippen MR) is 152 cm³/mol. The van der Waals surface area contributed by atoms with Gasteiger partial charge in [-0.05, 0) is 31.6 Å². The number of hydrogen-bond acceptors (Lipinski definition) is 7. The molecule has 2 aliphatic heterocycles. The Bertz CT molecular complexity index is 1020. The van der Waals surface area contributed by atoms with Gasteiger partial charge in [-0.1, -0.05) is 40.2 Å². The van der Waals surface area contributed by atoms with Gasteiger partial charge in [-0.25, -0.2) is 0 Å². The molecular weight excluding hydrogens is 530 g/mol. The van der Waals surface area contributed by atoms with Crippen LogP contribution in [0.25, 0.3) is 0 Å². The smallest absolute Gasteiger partial charge is 0.308 e. The molecule has 2 N–H and O–H groups in total. The van der Waals surface area contributed by atoms with Crippen LogP contribution in [0.4, 0.5) is 0 Å². The van der Waals surface area contributed by atoms with Gasteiger partial charge in [0.05, 0.1) is 6.42 Å². The number of fused-ring (bicyclic) bond motifs is 1. The van der Waals surface area contributed by atoms with E-state index in [0.29, 0.717) is 25.8 Å². The standard InChI is InChI=1S/C29H47N5O7/c1-9-12-21-27(38)34-16-11-13-20(34)26(37)31-23(18(5)10-2)28(39)33(8)24(17(3)4)29(40)32(7)19(6)25(36)30-15-14-22(35)41-21/h9,17-21,23-24H,1,10-16H2,2-8H3,(H,30,36)(H,31,37)/t18?,19-,20-,21-,23-,24-/m0/s1. The highest BCUT2D eigenvalue weighted by atomic mass is 16.5. The third kappa shape index (κ3) is 8.07. The number of cyclic esters (lactones) is 1. The third-order valence-corrected chi connectivity index (χ3v) is 8.13. The highest BCUT2D eigenvalue weighted by Gasteiger charge is 2.42. The van der Waals surface area contributed by atoms with Gasteiger partial charge in [-0.15, -0.1) is 6.58 Å². The summed E-state index contributed by atoms with van der Waals surface area (Å²) in [5, 5.41) is 5.51. The van der Waals surface area contributed by atoms with E-state index in [4.69, 9.17) is 4.74 Å². The molecule has 41 heavy (non-hydrogen) atoms. The zero-order valence-corrected chi connectivity index (χ0v) is 25.5. The van der Waals surface area contributed by atoms with E-state index in [1.807, 2.05) is 27.7 Å². The quantitative estimate of drug-likeness (QED) is 0.364. The van der Waals surface area contributed by atoms with E-state index in [0.717, 1.165) is 0 Å². The lowest BCUT2D eigenvalue weighted by Crippen LogP contribution is -2.60. The van der Waals surface area contributed by atoms with E-state index in [1.165, 1.54) is 34.9 Å². The summed E-state index contributed by atoms with van der Waals surface area (Å²) < 4.78 is 5.45. The lowest BCUT2D eigenvalue weighted by molar-refractivity contribution is -0.161. The molecule has 2 saturated heterocycles. The number of ether oxygens (including phenoxy) is 1. The highest BCUT2D eigenvalue weighted by Crippen LogP contribution is 2.23. The summed E-state index contributed by atoms with van der Waals surface area (Å²) in [7, 11) is 3.02. The Morgan fingerprint density at radius 3 is 2.24 bits per heavy atom. The Kier molecular flexibility index (Phi) is 12.3. The van der Waals surface area contributed by atoms with Crippen molar-refractivity contribution in [3.63, 3.8) is 0 Å².